The number of benzene rings is 1. The van der Waals surface area contributed by atoms with Crippen molar-refractivity contribution in [3.8, 4) is 0 Å². The summed E-state index contributed by atoms with van der Waals surface area (Å²) >= 11 is 1.47. The van der Waals surface area contributed by atoms with Crippen molar-refractivity contribution in [3.05, 3.63) is 56.0 Å². The molecule has 0 aliphatic carbocycles. The lowest BCUT2D eigenvalue weighted by Gasteiger charge is -2.22. The van der Waals surface area contributed by atoms with Crippen LogP contribution in [0.5, 0.6) is 0 Å². The molecule has 2 N–H and O–H groups in total. The lowest BCUT2D eigenvalue weighted by Crippen LogP contribution is -2.22. The molecule has 0 fully saturated rings. The Bertz CT molecular complexity index is 612. The Kier molecular flexibility index (Phi) is 4.43. The van der Waals surface area contributed by atoms with E-state index in [2.05, 4.69) is 4.98 Å². The van der Waals surface area contributed by atoms with Gasteiger partial charge >= 0.3 is 0 Å². The van der Waals surface area contributed by atoms with Crippen molar-refractivity contribution in [1.29, 1.82) is 0 Å². The molecule has 0 saturated heterocycles. The van der Waals surface area contributed by atoms with Crippen molar-refractivity contribution in [2.45, 2.75) is 12.6 Å². The molecule has 2 rings (SSSR count). The SMILES string of the molecule is CN(C)C(c1nc(CN)cs1)c1ccccc1[N+](=O)[O-]. The van der Waals surface area contributed by atoms with Crippen LogP contribution in [-0.2, 0) is 6.54 Å². The summed E-state index contributed by atoms with van der Waals surface area (Å²) in [5, 5.41) is 13.9. The Labute approximate surface area is 121 Å². The third-order valence-electron chi connectivity index (χ3n) is 2.96. The van der Waals surface area contributed by atoms with E-state index in [1.54, 1.807) is 18.2 Å². The fraction of sp³-hybridized carbons (Fsp3) is 0.308. The van der Waals surface area contributed by atoms with Crippen LogP contribution in [0.3, 0.4) is 0 Å². The van der Waals surface area contributed by atoms with E-state index in [-0.39, 0.29) is 16.7 Å². The number of nitro groups is 1. The maximum absolute atomic E-state index is 11.2. The van der Waals surface area contributed by atoms with Crippen molar-refractivity contribution in [2.75, 3.05) is 14.1 Å². The van der Waals surface area contributed by atoms with E-state index in [1.165, 1.54) is 17.4 Å². The van der Waals surface area contributed by atoms with Crippen LogP contribution < -0.4 is 5.73 Å². The average molecular weight is 292 g/mol. The molecule has 1 aromatic heterocycles. The largest absolute Gasteiger partial charge is 0.325 e. The zero-order valence-electron chi connectivity index (χ0n) is 11.3. The molecule has 6 nitrogen and oxygen atoms in total. The third kappa shape index (κ3) is 2.84. The van der Waals surface area contributed by atoms with Gasteiger partial charge in [-0.05, 0) is 14.1 Å². The van der Waals surface area contributed by atoms with Gasteiger partial charge in [0, 0.05) is 18.0 Å². The molecule has 0 amide bonds. The molecule has 106 valence electrons. The highest BCUT2D eigenvalue weighted by Crippen LogP contribution is 2.34. The van der Waals surface area contributed by atoms with E-state index < -0.39 is 0 Å². The first-order valence-electron chi connectivity index (χ1n) is 6.08. The van der Waals surface area contributed by atoms with Gasteiger partial charge in [0.2, 0.25) is 0 Å². The molecule has 1 aromatic carbocycles. The molecule has 0 aliphatic rings. The highest BCUT2D eigenvalue weighted by molar-refractivity contribution is 7.09. The van der Waals surface area contributed by atoms with Gasteiger partial charge in [0.25, 0.3) is 5.69 Å². The average Bonchev–Trinajstić information content (AvgIpc) is 2.87. The summed E-state index contributed by atoms with van der Waals surface area (Å²) in [4.78, 5) is 17.2. The maximum atomic E-state index is 11.2. The zero-order chi connectivity index (χ0) is 14.7. The molecule has 20 heavy (non-hydrogen) atoms. The minimum absolute atomic E-state index is 0.107. The monoisotopic (exact) mass is 292 g/mol. The summed E-state index contributed by atoms with van der Waals surface area (Å²) in [6, 6.07) is 6.51. The van der Waals surface area contributed by atoms with Crippen LogP contribution in [-0.4, -0.2) is 28.9 Å². The summed E-state index contributed by atoms with van der Waals surface area (Å²) in [7, 11) is 3.76. The van der Waals surface area contributed by atoms with Crippen LogP contribution in [0.1, 0.15) is 22.3 Å². The fourth-order valence-corrected chi connectivity index (χ4v) is 3.10. The summed E-state index contributed by atoms with van der Waals surface area (Å²) in [5.74, 6) is 0. The lowest BCUT2D eigenvalue weighted by molar-refractivity contribution is -0.385. The molecule has 0 saturated carbocycles. The van der Waals surface area contributed by atoms with E-state index in [4.69, 9.17) is 5.73 Å². The summed E-state index contributed by atoms with van der Waals surface area (Å²) in [5.41, 5.74) is 7.13. The Balaban J connectivity index is 2.51. The van der Waals surface area contributed by atoms with Crippen molar-refractivity contribution >= 4 is 17.0 Å². The van der Waals surface area contributed by atoms with Gasteiger partial charge in [-0.25, -0.2) is 4.98 Å². The van der Waals surface area contributed by atoms with Gasteiger partial charge in [0.05, 0.1) is 22.2 Å². The number of para-hydroxylation sites is 1. The molecular weight excluding hydrogens is 276 g/mol. The number of rotatable bonds is 5. The number of thiazole rings is 1. The minimum Gasteiger partial charge on any atom is -0.325 e. The topological polar surface area (TPSA) is 85.3 Å². The molecule has 0 aliphatic heterocycles. The van der Waals surface area contributed by atoms with E-state index >= 15 is 0 Å². The first-order valence-corrected chi connectivity index (χ1v) is 6.96. The van der Waals surface area contributed by atoms with Gasteiger partial charge in [-0.2, -0.15) is 0 Å². The Morgan fingerprint density at radius 2 is 2.15 bits per heavy atom. The van der Waals surface area contributed by atoms with Crippen LogP contribution in [0.4, 0.5) is 5.69 Å². The maximum Gasteiger partial charge on any atom is 0.274 e. The van der Waals surface area contributed by atoms with Gasteiger partial charge in [0.15, 0.2) is 0 Å². The van der Waals surface area contributed by atoms with Gasteiger partial charge in [-0.3, -0.25) is 15.0 Å². The minimum atomic E-state index is -0.358. The third-order valence-corrected chi connectivity index (χ3v) is 3.90. The standard InChI is InChI=1S/C13H16N4O2S/c1-16(2)12(13-15-9(7-14)8-20-13)10-5-3-4-6-11(10)17(18)19/h3-6,8,12H,7,14H2,1-2H3. The second-order valence-electron chi connectivity index (χ2n) is 4.56. The summed E-state index contributed by atoms with van der Waals surface area (Å²) in [6.45, 7) is 0.369. The quantitative estimate of drug-likeness (QED) is 0.674. The number of nitrogens with zero attached hydrogens (tertiary/aromatic N) is 3. The van der Waals surface area contributed by atoms with Crippen LogP contribution in [0.2, 0.25) is 0 Å². The van der Waals surface area contributed by atoms with E-state index in [9.17, 15) is 10.1 Å². The van der Waals surface area contributed by atoms with Crippen molar-refractivity contribution in [1.82, 2.24) is 9.88 Å². The predicted molar refractivity (Wildman–Crippen MR) is 78.6 cm³/mol. The lowest BCUT2D eigenvalue weighted by atomic mass is 10.0. The van der Waals surface area contributed by atoms with Crippen LogP contribution in [0.25, 0.3) is 0 Å². The van der Waals surface area contributed by atoms with Crippen molar-refractivity contribution in [3.63, 3.8) is 0 Å². The van der Waals surface area contributed by atoms with E-state index in [1.807, 2.05) is 24.4 Å². The Morgan fingerprint density at radius 3 is 2.70 bits per heavy atom. The van der Waals surface area contributed by atoms with Crippen molar-refractivity contribution in [2.24, 2.45) is 5.73 Å². The molecule has 2 aromatic rings. The first kappa shape index (κ1) is 14.6. The number of nitrogens with two attached hydrogens (primary N) is 1. The molecule has 0 radical (unpaired) electrons. The van der Waals surface area contributed by atoms with Crippen LogP contribution in [0.15, 0.2) is 29.6 Å². The highest BCUT2D eigenvalue weighted by Gasteiger charge is 2.27. The van der Waals surface area contributed by atoms with E-state index in [0.29, 0.717) is 12.1 Å². The number of hydrogen-bond acceptors (Lipinski definition) is 6. The molecule has 0 spiro atoms. The van der Waals surface area contributed by atoms with E-state index in [0.717, 1.165) is 10.7 Å². The molecule has 7 heteroatoms. The second kappa shape index (κ2) is 6.08. The Morgan fingerprint density at radius 1 is 1.45 bits per heavy atom. The highest BCUT2D eigenvalue weighted by atomic mass is 32.1. The normalized spacial score (nSPS) is 12.6. The molecular formula is C13H16N4O2S. The summed E-state index contributed by atoms with van der Waals surface area (Å²) < 4.78 is 0. The fourth-order valence-electron chi connectivity index (χ4n) is 2.06. The second-order valence-corrected chi connectivity index (χ2v) is 5.45. The summed E-state index contributed by atoms with van der Waals surface area (Å²) in [6.07, 6.45) is 0. The number of hydrogen-bond donors (Lipinski definition) is 1. The predicted octanol–water partition coefficient (Wildman–Crippen LogP) is 2.16. The number of nitro benzene ring substituents is 1. The smallest absolute Gasteiger partial charge is 0.274 e. The number of aromatic nitrogens is 1. The van der Waals surface area contributed by atoms with Gasteiger partial charge in [0.1, 0.15) is 5.01 Å². The molecule has 1 heterocycles. The van der Waals surface area contributed by atoms with Gasteiger partial charge in [-0.1, -0.05) is 18.2 Å². The van der Waals surface area contributed by atoms with Gasteiger partial charge in [-0.15, -0.1) is 11.3 Å². The van der Waals surface area contributed by atoms with Crippen molar-refractivity contribution < 1.29 is 4.92 Å². The first-order chi connectivity index (χ1) is 9.54. The zero-order valence-corrected chi connectivity index (χ0v) is 12.1. The van der Waals surface area contributed by atoms with Crippen LogP contribution >= 0.6 is 11.3 Å². The Hall–Kier alpha value is -1.83. The molecule has 1 atom stereocenters. The van der Waals surface area contributed by atoms with Gasteiger partial charge < -0.3 is 5.73 Å². The van der Waals surface area contributed by atoms with Crippen LogP contribution in [0, 0.1) is 10.1 Å². The molecule has 0 bridgehead atoms. The molecule has 1 unspecified atom stereocenters.